The standard InChI is InChI=1S/C12H15BrN2O/c1-15-11(16)7-6-10(14)12(15)8-4-2-3-5-9(8)13/h2-5,10,12H,6-7,14H2,1H3. The number of piperidine rings is 1. The van der Waals surface area contributed by atoms with Crippen LogP contribution in [0.15, 0.2) is 28.7 Å². The Morgan fingerprint density at radius 1 is 1.44 bits per heavy atom. The van der Waals surface area contributed by atoms with Gasteiger partial charge in [0.25, 0.3) is 0 Å². The van der Waals surface area contributed by atoms with Gasteiger partial charge in [-0.05, 0) is 18.1 Å². The van der Waals surface area contributed by atoms with Gasteiger partial charge in [0.15, 0.2) is 0 Å². The van der Waals surface area contributed by atoms with Gasteiger partial charge >= 0.3 is 0 Å². The van der Waals surface area contributed by atoms with Crippen molar-refractivity contribution < 1.29 is 4.79 Å². The Kier molecular flexibility index (Phi) is 3.30. The molecule has 1 fully saturated rings. The Balaban J connectivity index is 2.37. The van der Waals surface area contributed by atoms with Gasteiger partial charge in [-0.3, -0.25) is 4.79 Å². The van der Waals surface area contributed by atoms with Crippen LogP contribution < -0.4 is 5.73 Å². The summed E-state index contributed by atoms with van der Waals surface area (Å²) in [6, 6.07) is 7.93. The van der Waals surface area contributed by atoms with Gasteiger partial charge in [0, 0.05) is 24.0 Å². The van der Waals surface area contributed by atoms with E-state index in [1.54, 1.807) is 4.90 Å². The summed E-state index contributed by atoms with van der Waals surface area (Å²) in [5, 5.41) is 0. The van der Waals surface area contributed by atoms with Crippen LogP contribution in [0.1, 0.15) is 24.4 Å². The van der Waals surface area contributed by atoms with Crippen molar-refractivity contribution in [2.75, 3.05) is 7.05 Å². The van der Waals surface area contributed by atoms with E-state index in [-0.39, 0.29) is 18.0 Å². The van der Waals surface area contributed by atoms with Crippen LogP contribution in [-0.4, -0.2) is 23.9 Å². The van der Waals surface area contributed by atoms with Gasteiger partial charge in [0.05, 0.1) is 6.04 Å². The molecule has 1 amide bonds. The predicted octanol–water partition coefficient (Wildman–Crippen LogP) is 2.07. The molecule has 0 spiro atoms. The molecule has 1 aliphatic rings. The molecule has 0 aliphatic carbocycles. The summed E-state index contributed by atoms with van der Waals surface area (Å²) in [6.45, 7) is 0. The summed E-state index contributed by atoms with van der Waals surface area (Å²) in [5.41, 5.74) is 7.21. The van der Waals surface area contributed by atoms with E-state index in [1.165, 1.54) is 0 Å². The van der Waals surface area contributed by atoms with Crippen LogP contribution in [0, 0.1) is 0 Å². The molecule has 2 N–H and O–H groups in total. The van der Waals surface area contributed by atoms with Gasteiger partial charge in [-0.1, -0.05) is 34.1 Å². The number of amides is 1. The Hall–Kier alpha value is -0.870. The lowest BCUT2D eigenvalue weighted by Crippen LogP contribution is -2.46. The number of benzene rings is 1. The van der Waals surface area contributed by atoms with Crippen LogP contribution in [0.3, 0.4) is 0 Å². The first kappa shape index (κ1) is 11.6. The third-order valence-electron chi connectivity index (χ3n) is 3.13. The molecule has 16 heavy (non-hydrogen) atoms. The highest BCUT2D eigenvalue weighted by Gasteiger charge is 2.33. The first-order valence-corrected chi connectivity index (χ1v) is 6.16. The maximum absolute atomic E-state index is 11.7. The highest BCUT2D eigenvalue weighted by molar-refractivity contribution is 9.10. The van der Waals surface area contributed by atoms with E-state index in [4.69, 9.17) is 5.73 Å². The van der Waals surface area contributed by atoms with Crippen molar-refractivity contribution >= 4 is 21.8 Å². The summed E-state index contributed by atoms with van der Waals surface area (Å²) in [4.78, 5) is 13.4. The van der Waals surface area contributed by atoms with E-state index < -0.39 is 0 Å². The summed E-state index contributed by atoms with van der Waals surface area (Å²) in [6.07, 6.45) is 1.31. The first-order valence-electron chi connectivity index (χ1n) is 5.37. The number of rotatable bonds is 1. The highest BCUT2D eigenvalue weighted by atomic mass is 79.9. The van der Waals surface area contributed by atoms with Crippen molar-refractivity contribution in [3.8, 4) is 0 Å². The van der Waals surface area contributed by atoms with Gasteiger partial charge in [-0.2, -0.15) is 0 Å². The minimum Gasteiger partial charge on any atom is -0.337 e. The fourth-order valence-electron chi connectivity index (χ4n) is 2.22. The molecule has 2 atom stereocenters. The number of nitrogens with zero attached hydrogens (tertiary/aromatic N) is 1. The van der Waals surface area contributed by atoms with E-state index in [0.717, 1.165) is 16.5 Å². The number of likely N-dealkylation sites (tertiary alicyclic amines) is 1. The van der Waals surface area contributed by atoms with Gasteiger partial charge in [-0.25, -0.2) is 0 Å². The number of carbonyl (C=O) groups excluding carboxylic acids is 1. The van der Waals surface area contributed by atoms with Crippen molar-refractivity contribution in [3.05, 3.63) is 34.3 Å². The van der Waals surface area contributed by atoms with Crippen LogP contribution >= 0.6 is 15.9 Å². The fraction of sp³-hybridized carbons (Fsp3) is 0.417. The summed E-state index contributed by atoms with van der Waals surface area (Å²) < 4.78 is 1.01. The van der Waals surface area contributed by atoms with E-state index in [2.05, 4.69) is 15.9 Å². The van der Waals surface area contributed by atoms with Crippen molar-refractivity contribution in [3.63, 3.8) is 0 Å². The molecule has 86 valence electrons. The molecule has 0 saturated carbocycles. The smallest absolute Gasteiger partial charge is 0.222 e. The first-order chi connectivity index (χ1) is 7.61. The number of hydrogen-bond donors (Lipinski definition) is 1. The lowest BCUT2D eigenvalue weighted by atomic mass is 9.91. The van der Waals surface area contributed by atoms with Crippen molar-refractivity contribution in [1.82, 2.24) is 4.90 Å². The largest absolute Gasteiger partial charge is 0.337 e. The summed E-state index contributed by atoms with van der Waals surface area (Å²) in [5.74, 6) is 0.169. The van der Waals surface area contributed by atoms with E-state index in [0.29, 0.717) is 6.42 Å². The molecule has 1 aromatic rings. The van der Waals surface area contributed by atoms with Crippen molar-refractivity contribution in [2.24, 2.45) is 5.73 Å². The zero-order valence-corrected chi connectivity index (χ0v) is 10.8. The molecule has 0 bridgehead atoms. The lowest BCUT2D eigenvalue weighted by molar-refractivity contribution is -0.135. The highest BCUT2D eigenvalue weighted by Crippen LogP contribution is 2.33. The normalized spacial score (nSPS) is 25.9. The lowest BCUT2D eigenvalue weighted by Gasteiger charge is -2.37. The molecule has 2 rings (SSSR count). The minimum atomic E-state index is -0.0168. The van der Waals surface area contributed by atoms with Crippen LogP contribution in [0.2, 0.25) is 0 Å². The predicted molar refractivity (Wildman–Crippen MR) is 66.9 cm³/mol. The molecule has 1 aromatic carbocycles. The molecule has 3 nitrogen and oxygen atoms in total. The number of likely N-dealkylation sites (N-methyl/N-ethyl adjacent to an activating group) is 1. The number of nitrogens with two attached hydrogens (primary N) is 1. The molecule has 1 heterocycles. The quantitative estimate of drug-likeness (QED) is 0.857. The minimum absolute atomic E-state index is 0.0152. The van der Waals surface area contributed by atoms with Crippen LogP contribution in [0.4, 0.5) is 0 Å². The van der Waals surface area contributed by atoms with Crippen LogP contribution in [0.5, 0.6) is 0 Å². The van der Waals surface area contributed by atoms with E-state index in [1.807, 2.05) is 31.3 Å². The zero-order valence-electron chi connectivity index (χ0n) is 9.19. The number of carbonyl (C=O) groups is 1. The second kappa shape index (κ2) is 4.55. The number of halogens is 1. The number of hydrogen-bond acceptors (Lipinski definition) is 2. The van der Waals surface area contributed by atoms with Crippen molar-refractivity contribution in [1.29, 1.82) is 0 Å². The Morgan fingerprint density at radius 3 is 2.81 bits per heavy atom. The molecule has 4 heteroatoms. The Morgan fingerprint density at radius 2 is 2.12 bits per heavy atom. The summed E-state index contributed by atoms with van der Waals surface area (Å²) in [7, 11) is 1.82. The van der Waals surface area contributed by atoms with Gasteiger partial charge in [-0.15, -0.1) is 0 Å². The van der Waals surface area contributed by atoms with Crippen molar-refractivity contribution in [2.45, 2.75) is 24.9 Å². The maximum atomic E-state index is 11.7. The molecule has 1 saturated heterocycles. The Bertz CT molecular complexity index is 408. The molecular formula is C12H15BrN2O. The Labute approximate surface area is 104 Å². The topological polar surface area (TPSA) is 46.3 Å². The molecule has 2 unspecified atom stereocenters. The van der Waals surface area contributed by atoms with E-state index in [9.17, 15) is 4.79 Å². The third-order valence-corrected chi connectivity index (χ3v) is 3.85. The van der Waals surface area contributed by atoms with Crippen LogP contribution in [-0.2, 0) is 4.79 Å². The molecule has 0 aromatic heterocycles. The average Bonchev–Trinajstić information content (AvgIpc) is 2.27. The second-order valence-electron chi connectivity index (χ2n) is 4.17. The zero-order chi connectivity index (χ0) is 11.7. The monoisotopic (exact) mass is 282 g/mol. The SMILES string of the molecule is CN1C(=O)CCC(N)C1c1ccccc1Br. The summed E-state index contributed by atoms with van der Waals surface area (Å²) >= 11 is 3.51. The molecule has 0 radical (unpaired) electrons. The fourth-order valence-corrected chi connectivity index (χ4v) is 2.74. The van der Waals surface area contributed by atoms with Gasteiger partial charge < -0.3 is 10.6 Å². The second-order valence-corrected chi connectivity index (χ2v) is 5.03. The van der Waals surface area contributed by atoms with E-state index >= 15 is 0 Å². The average molecular weight is 283 g/mol. The van der Waals surface area contributed by atoms with Gasteiger partial charge in [0.2, 0.25) is 5.91 Å². The maximum Gasteiger partial charge on any atom is 0.222 e. The van der Waals surface area contributed by atoms with Gasteiger partial charge in [0.1, 0.15) is 0 Å². The third kappa shape index (κ3) is 1.99. The molecule has 1 aliphatic heterocycles. The van der Waals surface area contributed by atoms with Crippen LogP contribution in [0.25, 0.3) is 0 Å². The molecular weight excluding hydrogens is 268 g/mol.